The number of hydrogen-bond donors (Lipinski definition) is 6. The van der Waals surface area contributed by atoms with Crippen molar-refractivity contribution in [2.75, 3.05) is 29.4 Å². The molecule has 2 heterocycles. The van der Waals surface area contributed by atoms with E-state index in [9.17, 15) is 14.4 Å². The van der Waals surface area contributed by atoms with Crippen molar-refractivity contribution in [2.24, 2.45) is 16.8 Å². The number of imidazole rings is 1. The van der Waals surface area contributed by atoms with Crippen molar-refractivity contribution < 1.29 is 23.9 Å². The van der Waals surface area contributed by atoms with Gasteiger partial charge in [-0.1, -0.05) is 11.6 Å². The molecule has 0 unspecified atom stereocenters. The number of nitrogens with zero attached hydrogens (tertiary/aromatic N) is 3. The number of halogens is 1. The van der Waals surface area contributed by atoms with Gasteiger partial charge in [0.2, 0.25) is 5.91 Å². The van der Waals surface area contributed by atoms with E-state index in [1.807, 2.05) is 0 Å². The number of benzene rings is 2. The maximum absolute atomic E-state index is 13.0. The highest BCUT2D eigenvalue weighted by atomic mass is 35.5. The summed E-state index contributed by atoms with van der Waals surface area (Å²) in [5.74, 6) is 11.2. The number of H-pyrrole nitrogens is 1. The number of nitrogens with one attached hydrogen (secondary N) is 4. The molecule has 4 rings (SSSR count). The predicted molar refractivity (Wildman–Crippen MR) is 155 cm³/mol. The molecular formula is C26H28ClN9O5. The van der Waals surface area contributed by atoms with Crippen molar-refractivity contribution in [1.82, 2.24) is 15.3 Å². The smallest absolute Gasteiger partial charge is 0.411 e. The number of nitrogens with two attached hydrogens (primary N) is 2. The van der Waals surface area contributed by atoms with Crippen molar-refractivity contribution in [3.8, 4) is 11.3 Å². The molecule has 1 atom stereocenters. The van der Waals surface area contributed by atoms with Crippen LogP contribution in [-0.4, -0.2) is 48.1 Å². The van der Waals surface area contributed by atoms with Gasteiger partial charge in [0.05, 0.1) is 43.0 Å². The number of fused-ring (bicyclic) bond motifs is 4. The van der Waals surface area contributed by atoms with Crippen LogP contribution in [0.15, 0.2) is 53.8 Å². The van der Waals surface area contributed by atoms with E-state index in [1.54, 1.807) is 48.7 Å². The maximum atomic E-state index is 13.0. The molecule has 3 aromatic rings. The van der Waals surface area contributed by atoms with Gasteiger partial charge in [-0.3, -0.25) is 20.4 Å². The summed E-state index contributed by atoms with van der Waals surface area (Å²) in [6, 6.07) is 9.34. The fraction of sp³-hybridized carbons (Fsp3) is 0.192. The number of anilines is 3. The van der Waals surface area contributed by atoms with Gasteiger partial charge in [0.1, 0.15) is 12.2 Å². The second-order valence-electron chi connectivity index (χ2n) is 8.73. The topological polar surface area (TPSA) is 202 Å². The van der Waals surface area contributed by atoms with Crippen molar-refractivity contribution in [2.45, 2.75) is 18.9 Å². The number of aromatic nitrogens is 2. The molecule has 0 spiro atoms. The Morgan fingerprint density at radius 2 is 2.12 bits per heavy atom. The molecule has 0 saturated carbocycles. The Labute approximate surface area is 239 Å². The number of carbonyl (C=O) groups is 3. The van der Waals surface area contributed by atoms with Crippen LogP contribution in [0.4, 0.5) is 26.7 Å². The number of cyclic esters (lactones) is 1. The van der Waals surface area contributed by atoms with Crippen molar-refractivity contribution in [3.63, 3.8) is 0 Å². The molecule has 214 valence electrons. The third-order valence-corrected chi connectivity index (χ3v) is 6.20. The zero-order chi connectivity index (χ0) is 29.4. The number of hydrazine groups is 1. The maximum Gasteiger partial charge on any atom is 0.411 e. The second-order valence-corrected chi connectivity index (χ2v) is 9.17. The first-order valence-electron chi connectivity index (χ1n) is 12.3. The summed E-state index contributed by atoms with van der Waals surface area (Å²) in [5, 5.41) is 13.2. The lowest BCUT2D eigenvalue weighted by atomic mass is 10.1. The molecule has 1 aliphatic heterocycles. The lowest BCUT2D eigenvalue weighted by molar-refractivity contribution is -0.117. The number of carbonyl (C=O) groups excluding carboxylic acids is 3. The predicted octanol–water partition coefficient (Wildman–Crippen LogP) is 3.70. The molecule has 2 aromatic carbocycles. The number of hydrazone groups is 1. The van der Waals surface area contributed by atoms with E-state index >= 15 is 0 Å². The first-order valence-corrected chi connectivity index (χ1v) is 12.7. The Balaban J connectivity index is 1.58. The van der Waals surface area contributed by atoms with Crippen LogP contribution in [0.1, 0.15) is 30.3 Å². The van der Waals surface area contributed by atoms with Crippen LogP contribution in [-0.2, 0) is 14.3 Å². The SMILES string of the molecule is COC(=O)Nc1ccc2c(c1)NC(=O)OCCC[C@H](NC(=O)/C=C/c1cc(Cl)ccc1N(N)/C=N\N)c1ncc-2[nH]1. The van der Waals surface area contributed by atoms with Gasteiger partial charge in [-0.25, -0.2) is 20.4 Å². The quantitative estimate of drug-likeness (QED) is 0.0824. The van der Waals surface area contributed by atoms with Gasteiger partial charge in [0, 0.05) is 27.9 Å². The molecule has 41 heavy (non-hydrogen) atoms. The van der Waals surface area contributed by atoms with E-state index in [0.29, 0.717) is 57.6 Å². The standard InChI is InChI=1S/C26H28ClN9O5/c1-40-25(38)32-17-6-7-18-20(12-17)35-26(39)41-10-2-3-19(24-30-13-21(18)34-24)33-23(37)9-4-15-11-16(27)5-8-22(15)36(29)14-31-28/h4-9,11-14,19H,2-3,10,28-29H2,1H3,(H,30,34)(H,32,38)(H,33,37)(H,35,39)/b9-4+,31-14-/t19-/m0/s1. The summed E-state index contributed by atoms with van der Waals surface area (Å²) < 4.78 is 9.94. The molecule has 14 nitrogen and oxygen atoms in total. The third kappa shape index (κ3) is 7.52. The minimum Gasteiger partial charge on any atom is -0.453 e. The molecular weight excluding hydrogens is 554 g/mol. The molecule has 1 aromatic heterocycles. The lowest BCUT2D eigenvalue weighted by Gasteiger charge is -2.18. The average Bonchev–Trinajstić information content (AvgIpc) is 3.43. The molecule has 8 N–H and O–H groups in total. The molecule has 0 saturated heterocycles. The van der Waals surface area contributed by atoms with Crippen LogP contribution in [0.2, 0.25) is 5.02 Å². The van der Waals surface area contributed by atoms with E-state index in [0.717, 1.165) is 0 Å². The fourth-order valence-corrected chi connectivity index (χ4v) is 4.25. The molecule has 15 heteroatoms. The van der Waals surface area contributed by atoms with Crippen LogP contribution in [0.5, 0.6) is 0 Å². The van der Waals surface area contributed by atoms with Crippen molar-refractivity contribution >= 4 is 59.2 Å². The highest BCUT2D eigenvalue weighted by molar-refractivity contribution is 6.30. The summed E-state index contributed by atoms with van der Waals surface area (Å²) in [6.07, 6.45) is 5.26. The number of aromatic amines is 1. The van der Waals surface area contributed by atoms with E-state index < -0.39 is 24.1 Å². The highest BCUT2D eigenvalue weighted by Crippen LogP contribution is 2.32. The van der Waals surface area contributed by atoms with Gasteiger partial charge in [0.25, 0.3) is 0 Å². The van der Waals surface area contributed by atoms with E-state index in [4.69, 9.17) is 28.0 Å². The molecule has 0 fully saturated rings. The first-order chi connectivity index (χ1) is 19.8. The van der Waals surface area contributed by atoms with Crippen LogP contribution in [0.3, 0.4) is 0 Å². The van der Waals surface area contributed by atoms with Crippen molar-refractivity contribution in [1.29, 1.82) is 0 Å². The molecule has 1 aliphatic rings. The lowest BCUT2D eigenvalue weighted by Crippen LogP contribution is -2.30. The zero-order valence-corrected chi connectivity index (χ0v) is 22.6. The molecule has 0 aliphatic carbocycles. The highest BCUT2D eigenvalue weighted by Gasteiger charge is 2.21. The minimum atomic E-state index is -0.670. The van der Waals surface area contributed by atoms with Crippen LogP contribution >= 0.6 is 11.6 Å². The van der Waals surface area contributed by atoms with Crippen LogP contribution in [0, 0.1) is 0 Å². The monoisotopic (exact) mass is 581 g/mol. The number of rotatable bonds is 6. The van der Waals surface area contributed by atoms with Gasteiger partial charge in [-0.05, 0) is 55.3 Å². The normalized spacial score (nSPS) is 15.2. The van der Waals surface area contributed by atoms with Gasteiger partial charge >= 0.3 is 12.2 Å². The molecule has 2 bridgehead atoms. The van der Waals surface area contributed by atoms with Gasteiger partial charge in [0.15, 0.2) is 0 Å². The first kappa shape index (κ1) is 28.9. The molecule has 0 radical (unpaired) electrons. The number of amides is 3. The summed E-state index contributed by atoms with van der Waals surface area (Å²) in [7, 11) is 1.25. The summed E-state index contributed by atoms with van der Waals surface area (Å²) in [4.78, 5) is 44.8. The summed E-state index contributed by atoms with van der Waals surface area (Å²) in [6.45, 7) is 0.0952. The Bertz CT molecular complexity index is 1490. The van der Waals surface area contributed by atoms with E-state index in [-0.39, 0.29) is 6.61 Å². The molecule has 3 amide bonds. The van der Waals surface area contributed by atoms with Crippen molar-refractivity contribution in [3.05, 3.63) is 65.1 Å². The van der Waals surface area contributed by atoms with Crippen LogP contribution < -0.4 is 32.6 Å². The Kier molecular flexibility index (Phi) is 9.39. The Morgan fingerprint density at radius 1 is 1.29 bits per heavy atom. The van der Waals surface area contributed by atoms with Gasteiger partial charge in [-0.15, -0.1) is 0 Å². The summed E-state index contributed by atoms with van der Waals surface area (Å²) >= 11 is 6.14. The third-order valence-electron chi connectivity index (χ3n) is 5.96. The number of ether oxygens (including phenoxy) is 2. The summed E-state index contributed by atoms with van der Waals surface area (Å²) in [5.41, 5.74) is 3.01. The Hall–Kier alpha value is -5.08. The largest absolute Gasteiger partial charge is 0.453 e. The van der Waals surface area contributed by atoms with Gasteiger partial charge < -0.3 is 25.6 Å². The average molecular weight is 582 g/mol. The second kappa shape index (κ2) is 13.3. The minimum absolute atomic E-state index is 0.0952. The number of methoxy groups -OCH3 is 1. The van der Waals surface area contributed by atoms with E-state index in [2.05, 4.69) is 35.8 Å². The van der Waals surface area contributed by atoms with Gasteiger partial charge in [-0.2, -0.15) is 5.10 Å². The Morgan fingerprint density at radius 3 is 2.90 bits per heavy atom. The van der Waals surface area contributed by atoms with Crippen LogP contribution in [0.25, 0.3) is 17.3 Å². The zero-order valence-electron chi connectivity index (χ0n) is 21.9. The fourth-order valence-electron chi connectivity index (χ4n) is 4.07. The van der Waals surface area contributed by atoms with E-state index in [1.165, 1.54) is 24.5 Å². The number of hydrogen-bond acceptors (Lipinski definition) is 9.